The maximum Gasteiger partial charge on any atom is 0.271 e. The quantitative estimate of drug-likeness (QED) is 0.603. The van der Waals surface area contributed by atoms with Gasteiger partial charge in [-0.3, -0.25) is 14.4 Å². The highest BCUT2D eigenvalue weighted by Gasteiger charge is 2.33. The van der Waals surface area contributed by atoms with Gasteiger partial charge in [0.15, 0.2) is 0 Å². The van der Waals surface area contributed by atoms with E-state index in [-0.39, 0.29) is 17.1 Å². The smallest absolute Gasteiger partial charge is 0.265 e. The SMILES string of the molecule is O=[N+]([O-])c1ccc2c(c1)N(S(=O)(=O)c1ccccc1Br)CC2. The topological polar surface area (TPSA) is 80.5 Å². The Balaban J connectivity index is 2.11. The molecule has 22 heavy (non-hydrogen) atoms. The lowest BCUT2D eigenvalue weighted by Gasteiger charge is -2.20. The third-order valence-electron chi connectivity index (χ3n) is 3.54. The monoisotopic (exact) mass is 382 g/mol. The first-order chi connectivity index (χ1) is 10.4. The molecular formula is C14H11BrN2O4S. The first-order valence-corrected chi connectivity index (χ1v) is 8.69. The minimum Gasteiger partial charge on any atom is -0.265 e. The van der Waals surface area contributed by atoms with Crippen LogP contribution >= 0.6 is 15.9 Å². The van der Waals surface area contributed by atoms with Crippen molar-refractivity contribution in [2.45, 2.75) is 11.3 Å². The van der Waals surface area contributed by atoms with Crippen molar-refractivity contribution in [1.82, 2.24) is 0 Å². The number of nitrogens with zero attached hydrogens (tertiary/aromatic N) is 2. The standard InChI is InChI=1S/C14H11BrN2O4S/c15-12-3-1-2-4-14(12)22(20,21)16-8-7-10-5-6-11(17(18)19)9-13(10)16/h1-6,9H,7-8H2. The zero-order valence-electron chi connectivity index (χ0n) is 11.3. The van der Waals surface area contributed by atoms with E-state index in [0.717, 1.165) is 5.56 Å². The highest BCUT2D eigenvalue weighted by Crippen LogP contribution is 2.36. The molecule has 0 unspecified atom stereocenters. The predicted octanol–water partition coefficient (Wildman–Crippen LogP) is 3.11. The largest absolute Gasteiger partial charge is 0.271 e. The van der Waals surface area contributed by atoms with E-state index < -0.39 is 14.9 Å². The molecule has 1 aliphatic heterocycles. The number of anilines is 1. The summed E-state index contributed by atoms with van der Waals surface area (Å²) in [5.74, 6) is 0. The van der Waals surface area contributed by atoms with Gasteiger partial charge in [-0.2, -0.15) is 0 Å². The van der Waals surface area contributed by atoms with Crippen LogP contribution in [0.25, 0.3) is 0 Å². The van der Waals surface area contributed by atoms with Crippen molar-refractivity contribution in [3.8, 4) is 0 Å². The summed E-state index contributed by atoms with van der Waals surface area (Å²) in [6.45, 7) is 0.278. The third-order valence-corrected chi connectivity index (χ3v) is 6.36. The van der Waals surface area contributed by atoms with E-state index in [0.29, 0.717) is 16.6 Å². The van der Waals surface area contributed by atoms with E-state index in [9.17, 15) is 18.5 Å². The van der Waals surface area contributed by atoms with Crippen molar-refractivity contribution in [2.75, 3.05) is 10.8 Å². The molecule has 1 aliphatic rings. The summed E-state index contributed by atoms with van der Waals surface area (Å²) in [6, 6.07) is 10.9. The van der Waals surface area contributed by atoms with Gasteiger partial charge in [-0.15, -0.1) is 0 Å². The van der Waals surface area contributed by atoms with Crippen molar-refractivity contribution >= 4 is 37.3 Å². The Morgan fingerprint density at radius 3 is 2.59 bits per heavy atom. The number of hydrogen-bond donors (Lipinski definition) is 0. The van der Waals surface area contributed by atoms with Gasteiger partial charge in [-0.05, 0) is 40.0 Å². The molecule has 1 heterocycles. The average Bonchev–Trinajstić information content (AvgIpc) is 2.91. The highest BCUT2D eigenvalue weighted by atomic mass is 79.9. The molecule has 3 rings (SSSR count). The summed E-state index contributed by atoms with van der Waals surface area (Å²) in [6.07, 6.45) is 0.539. The number of fused-ring (bicyclic) bond motifs is 1. The molecule has 0 atom stereocenters. The van der Waals surface area contributed by atoms with Crippen LogP contribution < -0.4 is 4.31 Å². The molecule has 0 spiro atoms. The number of halogens is 1. The Bertz CT molecular complexity index is 867. The van der Waals surface area contributed by atoms with Gasteiger partial charge in [-0.25, -0.2) is 8.42 Å². The van der Waals surface area contributed by atoms with E-state index in [1.807, 2.05) is 0 Å². The molecule has 2 aromatic rings. The Kier molecular flexibility index (Phi) is 3.65. The molecule has 0 radical (unpaired) electrons. The van der Waals surface area contributed by atoms with Gasteiger partial charge >= 0.3 is 0 Å². The lowest BCUT2D eigenvalue weighted by Crippen LogP contribution is -2.29. The van der Waals surface area contributed by atoms with Crippen LogP contribution in [0, 0.1) is 10.1 Å². The number of rotatable bonds is 3. The second-order valence-electron chi connectivity index (χ2n) is 4.83. The molecular weight excluding hydrogens is 372 g/mol. The number of non-ortho nitro benzene ring substituents is 1. The van der Waals surface area contributed by atoms with Gasteiger partial charge in [0.25, 0.3) is 15.7 Å². The van der Waals surface area contributed by atoms with Crippen molar-refractivity contribution < 1.29 is 13.3 Å². The number of nitro groups is 1. The van der Waals surface area contributed by atoms with Crippen molar-refractivity contribution in [1.29, 1.82) is 0 Å². The van der Waals surface area contributed by atoms with Crippen LogP contribution in [0.1, 0.15) is 5.56 Å². The second kappa shape index (κ2) is 5.36. The summed E-state index contributed by atoms with van der Waals surface area (Å²) >= 11 is 3.24. The third kappa shape index (κ3) is 2.38. The molecule has 0 saturated carbocycles. The van der Waals surface area contributed by atoms with Gasteiger partial charge in [0.05, 0.1) is 10.6 Å². The Hall–Kier alpha value is -1.93. The van der Waals surface area contributed by atoms with E-state index in [4.69, 9.17) is 0 Å². The van der Waals surface area contributed by atoms with E-state index in [1.165, 1.54) is 22.5 Å². The number of hydrogen-bond acceptors (Lipinski definition) is 4. The molecule has 0 bridgehead atoms. The summed E-state index contributed by atoms with van der Waals surface area (Å²) in [7, 11) is -3.76. The van der Waals surface area contributed by atoms with Gasteiger partial charge in [0.2, 0.25) is 0 Å². The molecule has 0 amide bonds. The van der Waals surface area contributed by atoms with Crippen molar-refractivity contribution in [3.05, 3.63) is 62.6 Å². The molecule has 114 valence electrons. The first kappa shape index (κ1) is 15.0. The van der Waals surface area contributed by atoms with Gasteiger partial charge in [-0.1, -0.05) is 18.2 Å². The molecule has 0 N–H and O–H groups in total. The van der Waals surface area contributed by atoms with Crippen LogP contribution in [0.15, 0.2) is 51.8 Å². The zero-order valence-corrected chi connectivity index (χ0v) is 13.7. The lowest BCUT2D eigenvalue weighted by molar-refractivity contribution is -0.384. The van der Waals surface area contributed by atoms with Crippen LogP contribution in [-0.2, 0) is 16.4 Å². The minimum absolute atomic E-state index is 0.118. The molecule has 0 fully saturated rings. The highest BCUT2D eigenvalue weighted by molar-refractivity contribution is 9.10. The lowest BCUT2D eigenvalue weighted by atomic mass is 10.1. The molecule has 0 aliphatic carbocycles. The Labute approximate surface area is 135 Å². The summed E-state index contributed by atoms with van der Waals surface area (Å²) < 4.78 is 27.3. The minimum atomic E-state index is -3.76. The van der Waals surface area contributed by atoms with Crippen LogP contribution in [0.3, 0.4) is 0 Å². The maximum absolute atomic E-state index is 12.8. The maximum atomic E-state index is 12.8. The fourth-order valence-electron chi connectivity index (χ4n) is 2.47. The fraction of sp³-hybridized carbons (Fsp3) is 0.143. The first-order valence-electron chi connectivity index (χ1n) is 6.46. The summed E-state index contributed by atoms with van der Waals surface area (Å²) in [4.78, 5) is 10.5. The number of benzene rings is 2. The number of sulfonamides is 1. The van der Waals surface area contributed by atoms with E-state index in [2.05, 4.69) is 15.9 Å². The molecule has 2 aromatic carbocycles. The van der Waals surface area contributed by atoms with Crippen LogP contribution in [0.2, 0.25) is 0 Å². The molecule has 0 aromatic heterocycles. The molecule has 0 saturated heterocycles. The van der Waals surface area contributed by atoms with Gasteiger partial charge < -0.3 is 0 Å². The second-order valence-corrected chi connectivity index (χ2v) is 7.51. The molecule has 8 heteroatoms. The van der Waals surface area contributed by atoms with E-state index >= 15 is 0 Å². The van der Waals surface area contributed by atoms with Crippen LogP contribution in [0.4, 0.5) is 11.4 Å². The van der Waals surface area contributed by atoms with Crippen LogP contribution in [0.5, 0.6) is 0 Å². The summed E-state index contributed by atoms with van der Waals surface area (Å²) in [5.41, 5.74) is 1.05. The summed E-state index contributed by atoms with van der Waals surface area (Å²) in [5, 5.41) is 10.9. The Morgan fingerprint density at radius 1 is 1.18 bits per heavy atom. The normalized spacial score (nSPS) is 14.0. The van der Waals surface area contributed by atoms with Crippen molar-refractivity contribution in [3.63, 3.8) is 0 Å². The fourth-order valence-corrected chi connectivity index (χ4v) is 4.94. The number of nitro benzene ring substituents is 1. The predicted molar refractivity (Wildman–Crippen MR) is 85.5 cm³/mol. The Morgan fingerprint density at radius 2 is 1.91 bits per heavy atom. The van der Waals surface area contributed by atoms with E-state index in [1.54, 1.807) is 24.3 Å². The zero-order chi connectivity index (χ0) is 15.9. The average molecular weight is 383 g/mol. The van der Waals surface area contributed by atoms with Crippen LogP contribution in [-0.4, -0.2) is 19.9 Å². The van der Waals surface area contributed by atoms with Crippen molar-refractivity contribution in [2.24, 2.45) is 0 Å². The van der Waals surface area contributed by atoms with Gasteiger partial charge in [0.1, 0.15) is 4.90 Å². The van der Waals surface area contributed by atoms with Gasteiger partial charge in [0, 0.05) is 23.2 Å². The molecule has 6 nitrogen and oxygen atoms in total.